The first-order valence-corrected chi connectivity index (χ1v) is 7.53. The van der Waals surface area contributed by atoms with Crippen molar-refractivity contribution in [1.29, 1.82) is 0 Å². The number of para-hydroxylation sites is 1. The van der Waals surface area contributed by atoms with Gasteiger partial charge in [0.25, 0.3) is 0 Å². The van der Waals surface area contributed by atoms with Crippen LogP contribution in [0.15, 0.2) is 55.8 Å². The zero-order valence-electron chi connectivity index (χ0n) is 10.2. The highest BCUT2D eigenvalue weighted by Crippen LogP contribution is 2.32. The predicted octanol–water partition coefficient (Wildman–Crippen LogP) is 5.15. The standard InChI is InChI=1S/C15H10Br2FNO/c16-9-4-5-10(11(17)7-9)14(19)13-6-8-2-1-3-12(18)15(8)20-13/h1-7,14H,19H2. The molecule has 0 saturated heterocycles. The lowest BCUT2D eigenvalue weighted by Crippen LogP contribution is -2.11. The lowest BCUT2D eigenvalue weighted by atomic mass is 10.1. The Hall–Kier alpha value is -1.17. The van der Waals surface area contributed by atoms with E-state index in [4.69, 9.17) is 10.2 Å². The summed E-state index contributed by atoms with van der Waals surface area (Å²) in [5.74, 6) is 0.156. The molecule has 2 nitrogen and oxygen atoms in total. The monoisotopic (exact) mass is 397 g/mol. The SMILES string of the molecule is NC(c1cc2cccc(F)c2o1)c1ccc(Br)cc1Br. The van der Waals surface area contributed by atoms with Crippen molar-refractivity contribution in [2.75, 3.05) is 0 Å². The van der Waals surface area contributed by atoms with Crippen molar-refractivity contribution in [1.82, 2.24) is 0 Å². The van der Waals surface area contributed by atoms with Crippen molar-refractivity contribution < 1.29 is 8.81 Å². The van der Waals surface area contributed by atoms with Crippen molar-refractivity contribution in [2.24, 2.45) is 5.73 Å². The lowest BCUT2D eigenvalue weighted by molar-refractivity contribution is 0.501. The van der Waals surface area contributed by atoms with Crippen LogP contribution in [-0.2, 0) is 0 Å². The van der Waals surface area contributed by atoms with Crippen molar-refractivity contribution in [3.63, 3.8) is 0 Å². The van der Waals surface area contributed by atoms with Gasteiger partial charge in [0.1, 0.15) is 5.76 Å². The highest BCUT2D eigenvalue weighted by atomic mass is 79.9. The number of benzene rings is 2. The van der Waals surface area contributed by atoms with E-state index in [9.17, 15) is 4.39 Å². The van der Waals surface area contributed by atoms with E-state index in [-0.39, 0.29) is 11.4 Å². The number of hydrogen-bond acceptors (Lipinski definition) is 2. The minimum Gasteiger partial charge on any atom is -0.456 e. The third-order valence-electron chi connectivity index (χ3n) is 3.12. The average molecular weight is 399 g/mol. The fourth-order valence-electron chi connectivity index (χ4n) is 2.11. The molecule has 1 unspecified atom stereocenters. The molecule has 0 radical (unpaired) electrons. The van der Waals surface area contributed by atoms with Gasteiger partial charge in [0.05, 0.1) is 6.04 Å². The second kappa shape index (κ2) is 5.31. The first-order valence-electron chi connectivity index (χ1n) is 5.95. The summed E-state index contributed by atoms with van der Waals surface area (Å²) >= 11 is 6.87. The van der Waals surface area contributed by atoms with Crippen LogP contribution in [-0.4, -0.2) is 0 Å². The zero-order chi connectivity index (χ0) is 14.3. The third-order valence-corrected chi connectivity index (χ3v) is 4.30. The molecule has 2 N–H and O–H groups in total. The molecule has 1 heterocycles. The predicted molar refractivity (Wildman–Crippen MR) is 84.0 cm³/mol. The summed E-state index contributed by atoms with van der Waals surface area (Å²) < 4.78 is 21.0. The third kappa shape index (κ3) is 2.41. The van der Waals surface area contributed by atoms with Gasteiger partial charge in [0, 0.05) is 14.3 Å². The van der Waals surface area contributed by atoms with Gasteiger partial charge in [-0.05, 0) is 29.8 Å². The second-order valence-corrected chi connectivity index (χ2v) is 6.22. The Morgan fingerprint density at radius 2 is 1.90 bits per heavy atom. The molecule has 0 aliphatic heterocycles. The Morgan fingerprint density at radius 1 is 1.10 bits per heavy atom. The van der Waals surface area contributed by atoms with Gasteiger partial charge in [-0.25, -0.2) is 4.39 Å². The van der Waals surface area contributed by atoms with Gasteiger partial charge in [-0.1, -0.05) is 50.1 Å². The van der Waals surface area contributed by atoms with E-state index in [1.807, 2.05) is 18.2 Å². The summed E-state index contributed by atoms with van der Waals surface area (Å²) in [5.41, 5.74) is 7.34. The largest absolute Gasteiger partial charge is 0.456 e. The second-order valence-electron chi connectivity index (χ2n) is 4.45. The first kappa shape index (κ1) is 13.8. The maximum atomic E-state index is 13.6. The average Bonchev–Trinajstić information content (AvgIpc) is 2.83. The van der Waals surface area contributed by atoms with Crippen LogP contribution in [0.3, 0.4) is 0 Å². The number of fused-ring (bicyclic) bond motifs is 1. The minimum atomic E-state index is -0.454. The van der Waals surface area contributed by atoms with E-state index < -0.39 is 6.04 Å². The number of halogens is 3. The first-order chi connectivity index (χ1) is 9.56. The molecule has 0 bridgehead atoms. The van der Waals surface area contributed by atoms with Crippen LogP contribution < -0.4 is 5.73 Å². The Balaban J connectivity index is 2.08. The Morgan fingerprint density at radius 3 is 2.60 bits per heavy atom. The maximum Gasteiger partial charge on any atom is 0.169 e. The van der Waals surface area contributed by atoms with E-state index in [1.54, 1.807) is 18.2 Å². The van der Waals surface area contributed by atoms with Crippen LogP contribution in [0, 0.1) is 5.82 Å². The van der Waals surface area contributed by atoms with E-state index in [0.29, 0.717) is 11.1 Å². The van der Waals surface area contributed by atoms with Gasteiger partial charge in [-0.3, -0.25) is 0 Å². The zero-order valence-corrected chi connectivity index (χ0v) is 13.4. The number of rotatable bonds is 2. The Labute approximate surface area is 132 Å². The van der Waals surface area contributed by atoms with Crippen molar-refractivity contribution >= 4 is 42.8 Å². The van der Waals surface area contributed by atoms with Crippen LogP contribution >= 0.6 is 31.9 Å². The Kier molecular flexibility index (Phi) is 3.67. The molecule has 0 spiro atoms. The molecule has 0 aliphatic carbocycles. The summed E-state index contributed by atoms with van der Waals surface area (Å²) in [6, 6.07) is 11.9. The van der Waals surface area contributed by atoms with Crippen LogP contribution in [0.1, 0.15) is 17.4 Å². The van der Waals surface area contributed by atoms with E-state index in [1.165, 1.54) is 6.07 Å². The van der Waals surface area contributed by atoms with E-state index in [2.05, 4.69) is 31.9 Å². The van der Waals surface area contributed by atoms with Gasteiger partial charge in [0.15, 0.2) is 11.4 Å². The molecule has 0 fully saturated rings. The molecule has 3 rings (SSSR count). The Bertz CT molecular complexity index is 785. The van der Waals surface area contributed by atoms with Crippen LogP contribution in [0.2, 0.25) is 0 Å². The molecule has 2 aromatic carbocycles. The number of hydrogen-bond donors (Lipinski definition) is 1. The normalized spacial score (nSPS) is 12.8. The molecule has 3 aromatic rings. The van der Waals surface area contributed by atoms with Crippen molar-refractivity contribution in [3.05, 3.63) is 68.6 Å². The van der Waals surface area contributed by atoms with E-state index >= 15 is 0 Å². The highest BCUT2D eigenvalue weighted by molar-refractivity contribution is 9.11. The fourth-order valence-corrected chi connectivity index (χ4v) is 3.40. The van der Waals surface area contributed by atoms with Crippen molar-refractivity contribution in [2.45, 2.75) is 6.04 Å². The van der Waals surface area contributed by atoms with Crippen LogP contribution in [0.25, 0.3) is 11.0 Å². The van der Waals surface area contributed by atoms with Crippen molar-refractivity contribution in [3.8, 4) is 0 Å². The van der Waals surface area contributed by atoms with Gasteiger partial charge in [-0.2, -0.15) is 0 Å². The van der Waals surface area contributed by atoms with Gasteiger partial charge < -0.3 is 10.2 Å². The molecular formula is C15H10Br2FNO. The lowest BCUT2D eigenvalue weighted by Gasteiger charge is -2.11. The molecule has 102 valence electrons. The highest BCUT2D eigenvalue weighted by Gasteiger charge is 2.18. The topological polar surface area (TPSA) is 39.2 Å². The molecule has 5 heteroatoms. The summed E-state index contributed by atoms with van der Waals surface area (Å²) in [6.07, 6.45) is 0. The van der Waals surface area contributed by atoms with E-state index in [0.717, 1.165) is 14.5 Å². The van der Waals surface area contributed by atoms with Gasteiger partial charge in [0.2, 0.25) is 0 Å². The molecule has 1 atom stereocenters. The minimum absolute atomic E-state index is 0.242. The van der Waals surface area contributed by atoms with Gasteiger partial charge in [-0.15, -0.1) is 0 Å². The fraction of sp³-hybridized carbons (Fsp3) is 0.0667. The summed E-state index contributed by atoms with van der Waals surface area (Å²) in [4.78, 5) is 0. The summed E-state index contributed by atoms with van der Waals surface area (Å²) in [5, 5.41) is 0.712. The molecule has 0 aliphatic rings. The van der Waals surface area contributed by atoms with Gasteiger partial charge >= 0.3 is 0 Å². The molecule has 0 amide bonds. The molecule has 20 heavy (non-hydrogen) atoms. The quantitative estimate of drug-likeness (QED) is 0.648. The number of furan rings is 1. The maximum absolute atomic E-state index is 13.6. The number of nitrogens with two attached hydrogens (primary N) is 1. The van der Waals surface area contributed by atoms with Crippen LogP contribution in [0.4, 0.5) is 4.39 Å². The van der Waals surface area contributed by atoms with Crippen LogP contribution in [0.5, 0.6) is 0 Å². The molecular weight excluding hydrogens is 389 g/mol. The summed E-state index contributed by atoms with van der Waals surface area (Å²) in [6.45, 7) is 0. The smallest absolute Gasteiger partial charge is 0.169 e. The molecule has 0 saturated carbocycles. The molecule has 1 aromatic heterocycles. The summed E-state index contributed by atoms with van der Waals surface area (Å²) in [7, 11) is 0.